The largest absolute Gasteiger partial charge is 0.394 e. The number of aliphatic hydroxyl groups is 10. The minimum atomic E-state index is -1.88. The van der Waals surface area contributed by atoms with Gasteiger partial charge in [-0.05, 0) is 30.8 Å². The highest BCUT2D eigenvalue weighted by Gasteiger charge is 2.53. The summed E-state index contributed by atoms with van der Waals surface area (Å²) in [5.74, 6) is 2.06. The lowest BCUT2D eigenvalue weighted by Crippen LogP contribution is -2.66. The molecule has 254 valence electrons. The molecular formula is C26H48O16S. The molecule has 15 atom stereocenters. The molecule has 3 saturated heterocycles. The molecule has 0 bridgehead atoms. The molecule has 6 unspecified atom stereocenters. The first kappa shape index (κ1) is 37.2. The van der Waals surface area contributed by atoms with Gasteiger partial charge in [-0.3, -0.25) is 0 Å². The Morgan fingerprint density at radius 3 is 1.53 bits per heavy atom. The number of unbranched alkanes of at least 4 members (excludes halogenated alkanes) is 2. The Morgan fingerprint density at radius 2 is 1.00 bits per heavy atom. The van der Waals surface area contributed by atoms with Crippen molar-refractivity contribution in [3.8, 4) is 0 Å². The maximum absolute atomic E-state index is 10.8. The molecule has 0 saturated carbocycles. The maximum atomic E-state index is 10.8. The summed E-state index contributed by atoms with van der Waals surface area (Å²) in [6, 6.07) is 0. The molecule has 0 radical (unpaired) electrons. The number of thioether (sulfide) groups is 1. The standard InChI is InChI=1S/C26H48O16S/c1-2-3-7-43-8-5-4-6-37-24-20(35)17(32)22(13(10-28)39-24)42-26-21(36)18(33)23(14(11-29)40-26)41-25-19(34)16(31)15(30)12(9-27)38-25/h12-36H,2-11H2,1H3/t12?,13?,14?,15-,16-,17+,18+,19?,20?,21?,22+,23-,24+,25+,26-/m0/s1. The van der Waals surface area contributed by atoms with E-state index in [-0.39, 0.29) is 6.61 Å². The lowest BCUT2D eigenvalue weighted by Gasteiger charge is -2.48. The molecule has 0 aromatic heterocycles. The van der Waals surface area contributed by atoms with E-state index in [9.17, 15) is 51.1 Å². The first-order valence-electron chi connectivity index (χ1n) is 14.6. The summed E-state index contributed by atoms with van der Waals surface area (Å²) >= 11 is 1.85. The van der Waals surface area contributed by atoms with E-state index in [1.807, 2.05) is 11.8 Å². The predicted octanol–water partition coefficient (Wildman–Crippen LogP) is -4.24. The van der Waals surface area contributed by atoms with Crippen molar-refractivity contribution < 1.29 is 79.5 Å². The average Bonchev–Trinajstić information content (AvgIpc) is 3.01. The van der Waals surface area contributed by atoms with Gasteiger partial charge in [-0.25, -0.2) is 0 Å². The molecule has 0 aliphatic carbocycles. The van der Waals surface area contributed by atoms with Gasteiger partial charge in [0.1, 0.15) is 73.2 Å². The Morgan fingerprint density at radius 1 is 0.535 bits per heavy atom. The van der Waals surface area contributed by atoms with Crippen molar-refractivity contribution in [1.82, 2.24) is 0 Å². The van der Waals surface area contributed by atoms with Crippen LogP contribution in [0.3, 0.4) is 0 Å². The molecule has 0 spiro atoms. The molecule has 10 N–H and O–H groups in total. The van der Waals surface area contributed by atoms with E-state index < -0.39 is 112 Å². The van der Waals surface area contributed by atoms with Crippen LogP contribution in [0.1, 0.15) is 32.6 Å². The van der Waals surface area contributed by atoms with Crippen LogP contribution in [-0.2, 0) is 28.4 Å². The maximum Gasteiger partial charge on any atom is 0.187 e. The summed E-state index contributed by atoms with van der Waals surface area (Å²) in [7, 11) is 0. The van der Waals surface area contributed by atoms with Gasteiger partial charge >= 0.3 is 0 Å². The van der Waals surface area contributed by atoms with Crippen LogP contribution in [0.2, 0.25) is 0 Å². The van der Waals surface area contributed by atoms with Crippen molar-refractivity contribution in [1.29, 1.82) is 0 Å². The van der Waals surface area contributed by atoms with Gasteiger partial charge in [0.05, 0.1) is 19.8 Å². The number of hydrogen-bond acceptors (Lipinski definition) is 17. The van der Waals surface area contributed by atoms with Crippen LogP contribution < -0.4 is 0 Å². The Kier molecular flexibility index (Phi) is 15.7. The molecule has 3 heterocycles. The molecule has 3 fully saturated rings. The van der Waals surface area contributed by atoms with Crippen molar-refractivity contribution in [2.24, 2.45) is 0 Å². The quantitative estimate of drug-likeness (QED) is 0.0711. The van der Waals surface area contributed by atoms with Gasteiger partial charge in [0.2, 0.25) is 0 Å². The Hall–Kier alpha value is -0.290. The van der Waals surface area contributed by atoms with Crippen LogP contribution in [0.25, 0.3) is 0 Å². The van der Waals surface area contributed by atoms with Crippen molar-refractivity contribution in [2.75, 3.05) is 37.9 Å². The minimum absolute atomic E-state index is 0.247. The first-order valence-corrected chi connectivity index (χ1v) is 15.8. The topological polar surface area (TPSA) is 258 Å². The lowest BCUT2D eigenvalue weighted by molar-refractivity contribution is -0.379. The van der Waals surface area contributed by atoms with Crippen LogP contribution in [0.5, 0.6) is 0 Å². The van der Waals surface area contributed by atoms with E-state index in [0.717, 1.165) is 30.8 Å². The second kappa shape index (κ2) is 18.2. The van der Waals surface area contributed by atoms with Gasteiger partial charge in [-0.15, -0.1) is 0 Å². The molecular weight excluding hydrogens is 600 g/mol. The third-order valence-corrected chi connectivity index (χ3v) is 8.83. The fraction of sp³-hybridized carbons (Fsp3) is 1.00. The highest BCUT2D eigenvalue weighted by molar-refractivity contribution is 7.99. The summed E-state index contributed by atoms with van der Waals surface area (Å²) in [4.78, 5) is 0. The van der Waals surface area contributed by atoms with E-state index in [0.29, 0.717) is 6.42 Å². The van der Waals surface area contributed by atoms with Crippen molar-refractivity contribution in [3.63, 3.8) is 0 Å². The van der Waals surface area contributed by atoms with Crippen LogP contribution >= 0.6 is 11.8 Å². The summed E-state index contributed by atoms with van der Waals surface area (Å²) in [6.45, 7) is 0.185. The fourth-order valence-corrected chi connectivity index (χ4v) is 6.14. The van der Waals surface area contributed by atoms with Gasteiger partial charge in [0.15, 0.2) is 18.9 Å². The van der Waals surface area contributed by atoms with E-state index in [1.54, 1.807) is 0 Å². The Balaban J connectivity index is 1.57. The van der Waals surface area contributed by atoms with Gasteiger partial charge in [0, 0.05) is 6.61 Å². The smallest absolute Gasteiger partial charge is 0.187 e. The molecule has 3 aliphatic heterocycles. The molecule has 0 aromatic carbocycles. The number of hydrogen-bond donors (Lipinski definition) is 10. The molecule has 3 aliphatic rings. The highest BCUT2D eigenvalue weighted by atomic mass is 32.2. The summed E-state index contributed by atoms with van der Waals surface area (Å²) < 4.78 is 33.2. The third kappa shape index (κ3) is 9.39. The van der Waals surface area contributed by atoms with E-state index in [1.165, 1.54) is 0 Å². The summed E-state index contributed by atoms with van der Waals surface area (Å²) in [5.41, 5.74) is 0. The molecule has 16 nitrogen and oxygen atoms in total. The first-order chi connectivity index (χ1) is 20.6. The van der Waals surface area contributed by atoms with Crippen molar-refractivity contribution >= 4 is 11.8 Å². The summed E-state index contributed by atoms with van der Waals surface area (Å²) in [5, 5.41) is 102. The minimum Gasteiger partial charge on any atom is -0.394 e. The van der Waals surface area contributed by atoms with Crippen molar-refractivity contribution in [3.05, 3.63) is 0 Å². The van der Waals surface area contributed by atoms with E-state index >= 15 is 0 Å². The SMILES string of the molecule is CCCCSCCCCO[C@@H]1OC(CO)[C@@H](O[C@@H]2OC(CO)[C@H](O[C@H]3OC(CO)[C@H](O)[C@H](O)C3O)[C@H](O)C2O)[C@H](O)C1O. The lowest BCUT2D eigenvalue weighted by atomic mass is 9.96. The van der Waals surface area contributed by atoms with Crippen LogP contribution in [0.4, 0.5) is 0 Å². The molecule has 0 amide bonds. The Bertz CT molecular complexity index is 779. The van der Waals surface area contributed by atoms with Gasteiger partial charge in [0.25, 0.3) is 0 Å². The molecule has 17 heteroatoms. The van der Waals surface area contributed by atoms with Gasteiger partial charge in [-0.2, -0.15) is 11.8 Å². The molecule has 0 aromatic rings. The number of rotatable bonds is 16. The normalized spacial score (nSPS) is 44.0. The van der Waals surface area contributed by atoms with Gasteiger partial charge < -0.3 is 79.5 Å². The van der Waals surface area contributed by atoms with Crippen LogP contribution in [0, 0.1) is 0 Å². The second-order valence-electron chi connectivity index (χ2n) is 10.9. The second-order valence-corrected chi connectivity index (χ2v) is 12.1. The monoisotopic (exact) mass is 648 g/mol. The average molecular weight is 649 g/mol. The van der Waals surface area contributed by atoms with E-state index in [2.05, 4.69) is 6.92 Å². The van der Waals surface area contributed by atoms with Crippen LogP contribution in [-0.4, -0.2) is 181 Å². The van der Waals surface area contributed by atoms with Crippen LogP contribution in [0.15, 0.2) is 0 Å². The fourth-order valence-electron chi connectivity index (χ4n) is 5.04. The van der Waals surface area contributed by atoms with Gasteiger partial charge in [-0.1, -0.05) is 13.3 Å². The predicted molar refractivity (Wildman–Crippen MR) is 146 cm³/mol. The number of ether oxygens (including phenoxy) is 6. The molecule has 43 heavy (non-hydrogen) atoms. The number of aliphatic hydroxyl groups excluding tert-OH is 10. The molecule has 3 rings (SSSR count). The summed E-state index contributed by atoms with van der Waals surface area (Å²) in [6.07, 6.45) is -20.0. The van der Waals surface area contributed by atoms with Crippen molar-refractivity contribution in [2.45, 2.75) is 125 Å². The zero-order valence-corrected chi connectivity index (χ0v) is 24.9. The Labute approximate surface area is 254 Å². The third-order valence-electron chi connectivity index (χ3n) is 7.68. The highest BCUT2D eigenvalue weighted by Crippen LogP contribution is 2.32. The zero-order chi connectivity index (χ0) is 31.7. The zero-order valence-electron chi connectivity index (χ0n) is 24.1. The van der Waals surface area contributed by atoms with E-state index in [4.69, 9.17) is 28.4 Å².